The van der Waals surface area contributed by atoms with Crippen molar-refractivity contribution in [2.24, 2.45) is 5.73 Å². The van der Waals surface area contributed by atoms with Gasteiger partial charge in [0.15, 0.2) is 0 Å². The molecule has 1 nitrogen and oxygen atoms in total. The Bertz CT molecular complexity index is 402. The monoisotopic (exact) mass is 273 g/mol. The van der Waals surface area contributed by atoms with Crippen molar-refractivity contribution >= 4 is 11.6 Å². The summed E-state index contributed by atoms with van der Waals surface area (Å²) in [6.07, 6.45) is -5.77. The molecule has 0 atom stereocenters. The lowest BCUT2D eigenvalue weighted by molar-refractivity contribution is -0.142. The summed E-state index contributed by atoms with van der Waals surface area (Å²) in [7, 11) is 0. The molecule has 0 aliphatic carbocycles. The quantitative estimate of drug-likeness (QED) is 0.833. The minimum absolute atomic E-state index is 0.435. The molecule has 96 valence electrons. The van der Waals surface area contributed by atoms with Gasteiger partial charge in [0.2, 0.25) is 0 Å². The molecule has 0 heterocycles. The Kier molecular flexibility index (Phi) is 3.99. The van der Waals surface area contributed by atoms with E-state index in [2.05, 4.69) is 0 Å². The van der Waals surface area contributed by atoms with Crippen LogP contribution in [0.2, 0.25) is 5.02 Å². The summed E-state index contributed by atoms with van der Waals surface area (Å²) in [5.41, 5.74) is 2.32. The molecule has 0 bridgehead atoms. The largest absolute Gasteiger partial charge is 0.416 e. The van der Waals surface area contributed by atoms with E-state index in [0.717, 1.165) is 12.1 Å². The van der Waals surface area contributed by atoms with Crippen LogP contribution in [0.15, 0.2) is 18.2 Å². The van der Waals surface area contributed by atoms with E-state index < -0.39 is 41.2 Å². The summed E-state index contributed by atoms with van der Waals surface area (Å²) in [5.74, 6) is -3.70. The Morgan fingerprint density at radius 2 is 1.71 bits per heavy atom. The van der Waals surface area contributed by atoms with E-state index in [-0.39, 0.29) is 0 Å². The highest BCUT2D eigenvalue weighted by Gasteiger charge is 2.43. The molecular weight excluding hydrogens is 265 g/mol. The second-order valence-electron chi connectivity index (χ2n) is 3.40. The molecule has 1 rings (SSSR count). The summed E-state index contributed by atoms with van der Waals surface area (Å²) in [6.45, 7) is -0.435. The van der Waals surface area contributed by atoms with Gasteiger partial charge >= 0.3 is 6.18 Å². The maximum absolute atomic E-state index is 13.5. The lowest BCUT2D eigenvalue weighted by Crippen LogP contribution is -2.23. The van der Waals surface area contributed by atoms with Gasteiger partial charge in [-0.05, 0) is 18.7 Å². The van der Waals surface area contributed by atoms with Crippen LogP contribution in [0.25, 0.3) is 0 Å². The van der Waals surface area contributed by atoms with E-state index >= 15 is 0 Å². The second kappa shape index (κ2) is 4.78. The average molecular weight is 274 g/mol. The molecule has 0 aromatic heterocycles. The molecule has 0 saturated carbocycles. The van der Waals surface area contributed by atoms with Crippen LogP contribution in [0.4, 0.5) is 22.0 Å². The van der Waals surface area contributed by atoms with Crippen LogP contribution in [-0.2, 0) is 12.1 Å². The molecule has 0 unspecified atom stereocenters. The first-order valence-corrected chi connectivity index (χ1v) is 5.02. The van der Waals surface area contributed by atoms with Crippen LogP contribution in [0.3, 0.4) is 0 Å². The first kappa shape index (κ1) is 14.2. The van der Waals surface area contributed by atoms with Crippen molar-refractivity contribution in [1.29, 1.82) is 0 Å². The minimum Gasteiger partial charge on any atom is -0.330 e. The first-order chi connectivity index (χ1) is 7.70. The van der Waals surface area contributed by atoms with E-state index in [1.807, 2.05) is 0 Å². The third-order valence-corrected chi connectivity index (χ3v) is 2.46. The topological polar surface area (TPSA) is 26.0 Å². The third kappa shape index (κ3) is 3.07. The summed E-state index contributed by atoms with van der Waals surface area (Å²) in [6, 6.07) is 2.55. The van der Waals surface area contributed by atoms with Crippen molar-refractivity contribution in [1.82, 2.24) is 0 Å². The van der Waals surface area contributed by atoms with E-state index in [4.69, 9.17) is 17.3 Å². The molecule has 0 aliphatic rings. The molecule has 7 heteroatoms. The first-order valence-electron chi connectivity index (χ1n) is 4.64. The van der Waals surface area contributed by atoms with Crippen LogP contribution < -0.4 is 5.73 Å². The van der Waals surface area contributed by atoms with E-state index in [1.165, 1.54) is 0 Å². The number of hydrogen-bond acceptors (Lipinski definition) is 1. The van der Waals surface area contributed by atoms with Gasteiger partial charge in [-0.1, -0.05) is 17.7 Å². The summed E-state index contributed by atoms with van der Waals surface area (Å²) < 4.78 is 64.8. The van der Waals surface area contributed by atoms with Gasteiger partial charge in [0.25, 0.3) is 5.92 Å². The number of rotatable bonds is 3. The highest BCUT2D eigenvalue weighted by atomic mass is 35.5. The van der Waals surface area contributed by atoms with Crippen molar-refractivity contribution in [3.8, 4) is 0 Å². The fraction of sp³-hybridized carbons (Fsp3) is 0.400. The fourth-order valence-electron chi connectivity index (χ4n) is 1.44. The zero-order valence-electron chi connectivity index (χ0n) is 8.49. The molecule has 0 saturated heterocycles. The lowest BCUT2D eigenvalue weighted by Gasteiger charge is -2.22. The predicted octanol–water partition coefficient (Wildman–Crippen LogP) is 3.80. The number of alkyl halides is 5. The van der Waals surface area contributed by atoms with Crippen LogP contribution in [0.5, 0.6) is 0 Å². The molecule has 2 N–H and O–H groups in total. The highest BCUT2D eigenvalue weighted by Crippen LogP contribution is 2.44. The number of halogens is 6. The normalized spacial score (nSPS) is 12.9. The van der Waals surface area contributed by atoms with Gasteiger partial charge in [0, 0.05) is 6.42 Å². The molecule has 0 amide bonds. The standard InChI is InChI=1S/C10H9ClF5N/c11-7-3-1-2-6(10(14,15)16)8(7)9(12,13)4-5-17/h1-3H,4-5,17H2. The Morgan fingerprint density at radius 1 is 1.12 bits per heavy atom. The predicted molar refractivity (Wildman–Crippen MR) is 54.0 cm³/mol. The zero-order chi connectivity index (χ0) is 13.3. The Labute approximate surface area is 99.4 Å². The number of hydrogen-bond donors (Lipinski definition) is 1. The summed E-state index contributed by atoms with van der Waals surface area (Å²) in [4.78, 5) is 0. The van der Waals surface area contributed by atoms with Crippen LogP contribution in [0.1, 0.15) is 17.5 Å². The lowest BCUT2D eigenvalue weighted by atomic mass is 9.98. The van der Waals surface area contributed by atoms with Crippen LogP contribution in [-0.4, -0.2) is 6.54 Å². The average Bonchev–Trinajstić information content (AvgIpc) is 2.15. The fourth-order valence-corrected chi connectivity index (χ4v) is 1.75. The molecule has 0 radical (unpaired) electrons. The molecular formula is C10H9ClF5N. The van der Waals surface area contributed by atoms with Crippen LogP contribution in [0, 0.1) is 0 Å². The molecule has 0 aliphatic heterocycles. The maximum Gasteiger partial charge on any atom is 0.416 e. The van der Waals surface area contributed by atoms with Crippen LogP contribution >= 0.6 is 11.6 Å². The third-order valence-electron chi connectivity index (χ3n) is 2.14. The van der Waals surface area contributed by atoms with Gasteiger partial charge in [0.1, 0.15) is 0 Å². The Morgan fingerprint density at radius 3 is 2.18 bits per heavy atom. The highest BCUT2D eigenvalue weighted by molar-refractivity contribution is 6.31. The van der Waals surface area contributed by atoms with E-state index in [0.29, 0.717) is 6.07 Å². The summed E-state index contributed by atoms with van der Waals surface area (Å²) >= 11 is 5.43. The second-order valence-corrected chi connectivity index (χ2v) is 3.81. The molecule has 1 aromatic carbocycles. The Hall–Kier alpha value is -0.880. The van der Waals surface area contributed by atoms with Crippen molar-refractivity contribution in [2.75, 3.05) is 6.54 Å². The maximum atomic E-state index is 13.5. The number of benzene rings is 1. The molecule has 0 fully saturated rings. The smallest absolute Gasteiger partial charge is 0.330 e. The van der Waals surface area contributed by atoms with Crippen molar-refractivity contribution in [3.05, 3.63) is 34.3 Å². The Balaban J connectivity index is 3.40. The van der Waals surface area contributed by atoms with Crippen molar-refractivity contribution in [2.45, 2.75) is 18.5 Å². The van der Waals surface area contributed by atoms with Gasteiger partial charge in [-0.15, -0.1) is 0 Å². The summed E-state index contributed by atoms with van der Waals surface area (Å²) in [5, 5.41) is -0.613. The minimum atomic E-state index is -4.88. The SMILES string of the molecule is NCCC(F)(F)c1c(Cl)cccc1C(F)(F)F. The van der Waals surface area contributed by atoms with Gasteiger partial charge in [-0.2, -0.15) is 13.2 Å². The molecule has 1 aromatic rings. The van der Waals surface area contributed by atoms with Gasteiger partial charge in [-0.25, -0.2) is 8.78 Å². The van der Waals surface area contributed by atoms with E-state index in [9.17, 15) is 22.0 Å². The molecule has 17 heavy (non-hydrogen) atoms. The van der Waals surface area contributed by atoms with Gasteiger partial charge in [-0.3, -0.25) is 0 Å². The van der Waals surface area contributed by atoms with Crippen molar-refractivity contribution < 1.29 is 22.0 Å². The van der Waals surface area contributed by atoms with Gasteiger partial charge < -0.3 is 5.73 Å². The van der Waals surface area contributed by atoms with Crippen molar-refractivity contribution in [3.63, 3.8) is 0 Å². The van der Waals surface area contributed by atoms with Gasteiger partial charge in [0.05, 0.1) is 16.1 Å². The zero-order valence-corrected chi connectivity index (χ0v) is 9.25. The number of nitrogens with two attached hydrogens (primary N) is 1. The molecule has 0 spiro atoms. The van der Waals surface area contributed by atoms with E-state index in [1.54, 1.807) is 0 Å².